The minimum absolute atomic E-state index is 0.0437. The standard InChI is InChI=1S/C23H28N4O2S/c1-24-14-20-12-19-9-8-18(13-26-30(28,29)23-15-27(2)16-25-23)11-21(19)22(20)10-17-6-4-3-5-7-17/h3-9,11,15-16,20,22,24,26H,10,12-14H2,1-2H3. The van der Waals surface area contributed by atoms with Crippen molar-refractivity contribution in [3.8, 4) is 0 Å². The topological polar surface area (TPSA) is 76.0 Å². The van der Waals surface area contributed by atoms with Gasteiger partial charge in [-0.05, 0) is 60.5 Å². The zero-order chi connectivity index (χ0) is 21.1. The normalized spacial score (nSPS) is 18.5. The lowest BCUT2D eigenvalue weighted by atomic mass is 9.86. The number of nitrogens with one attached hydrogen (secondary N) is 2. The largest absolute Gasteiger partial charge is 0.339 e. The maximum Gasteiger partial charge on any atom is 0.259 e. The predicted octanol–water partition coefficient (Wildman–Crippen LogP) is 2.62. The number of hydrogen-bond donors (Lipinski definition) is 2. The van der Waals surface area contributed by atoms with E-state index in [2.05, 4.69) is 51.4 Å². The first kappa shape index (κ1) is 20.8. The van der Waals surface area contributed by atoms with Gasteiger partial charge in [-0.1, -0.05) is 48.5 Å². The monoisotopic (exact) mass is 424 g/mol. The molecule has 0 aliphatic heterocycles. The van der Waals surface area contributed by atoms with Crippen LogP contribution in [-0.4, -0.2) is 31.6 Å². The van der Waals surface area contributed by atoms with Crippen LogP contribution in [0, 0.1) is 5.92 Å². The first-order valence-electron chi connectivity index (χ1n) is 10.2. The zero-order valence-corrected chi connectivity index (χ0v) is 18.2. The first-order chi connectivity index (χ1) is 14.5. The van der Waals surface area contributed by atoms with Crippen LogP contribution in [0.2, 0.25) is 0 Å². The van der Waals surface area contributed by atoms with Gasteiger partial charge in [0.05, 0.1) is 6.33 Å². The molecule has 0 fully saturated rings. The lowest BCUT2D eigenvalue weighted by molar-refractivity contribution is 0.436. The molecular weight excluding hydrogens is 396 g/mol. The highest BCUT2D eigenvalue weighted by Crippen LogP contribution is 2.40. The molecule has 1 aliphatic carbocycles. The molecule has 1 aliphatic rings. The number of imidazole rings is 1. The van der Waals surface area contributed by atoms with Crippen molar-refractivity contribution in [1.29, 1.82) is 0 Å². The number of nitrogens with zero attached hydrogens (tertiary/aromatic N) is 2. The van der Waals surface area contributed by atoms with Crippen molar-refractivity contribution in [3.63, 3.8) is 0 Å². The van der Waals surface area contributed by atoms with Crippen molar-refractivity contribution in [1.82, 2.24) is 19.6 Å². The number of aryl methyl sites for hydroxylation is 1. The highest BCUT2D eigenvalue weighted by molar-refractivity contribution is 7.89. The van der Waals surface area contributed by atoms with Crippen molar-refractivity contribution in [2.75, 3.05) is 13.6 Å². The molecular formula is C23H28N4O2S. The minimum Gasteiger partial charge on any atom is -0.339 e. The van der Waals surface area contributed by atoms with Gasteiger partial charge in [0, 0.05) is 19.8 Å². The van der Waals surface area contributed by atoms with Gasteiger partial charge in [0.25, 0.3) is 10.0 Å². The Kier molecular flexibility index (Phi) is 6.04. The Morgan fingerprint density at radius 1 is 1.13 bits per heavy atom. The van der Waals surface area contributed by atoms with E-state index in [9.17, 15) is 8.42 Å². The number of rotatable bonds is 8. The molecule has 158 valence electrons. The summed E-state index contributed by atoms with van der Waals surface area (Å²) in [5, 5.41) is 3.38. The Hall–Kier alpha value is -2.48. The Morgan fingerprint density at radius 3 is 2.63 bits per heavy atom. The molecule has 2 N–H and O–H groups in total. The number of fused-ring (bicyclic) bond motifs is 1. The third-order valence-corrected chi connectivity index (χ3v) is 7.13. The maximum absolute atomic E-state index is 12.5. The van der Waals surface area contributed by atoms with E-state index in [-0.39, 0.29) is 11.6 Å². The second kappa shape index (κ2) is 8.71. The SMILES string of the molecule is CNCC1Cc2ccc(CNS(=O)(=O)c3cn(C)cn3)cc2C1Cc1ccccc1. The van der Waals surface area contributed by atoms with Crippen molar-refractivity contribution in [3.05, 3.63) is 83.3 Å². The maximum atomic E-state index is 12.5. The predicted molar refractivity (Wildman–Crippen MR) is 118 cm³/mol. The molecule has 4 rings (SSSR count). The summed E-state index contributed by atoms with van der Waals surface area (Å²) in [4.78, 5) is 3.95. The molecule has 2 atom stereocenters. The molecule has 0 saturated carbocycles. The van der Waals surface area contributed by atoms with Gasteiger partial charge in [0.1, 0.15) is 0 Å². The van der Waals surface area contributed by atoms with Crippen LogP contribution in [-0.2, 0) is 36.5 Å². The fourth-order valence-corrected chi connectivity index (χ4v) is 5.36. The molecule has 7 heteroatoms. The Balaban J connectivity index is 1.54. The van der Waals surface area contributed by atoms with Gasteiger partial charge < -0.3 is 9.88 Å². The van der Waals surface area contributed by atoms with Crippen LogP contribution < -0.4 is 10.0 Å². The average Bonchev–Trinajstić information content (AvgIpc) is 3.32. The minimum atomic E-state index is -3.63. The third-order valence-electron chi connectivity index (χ3n) is 5.85. The van der Waals surface area contributed by atoms with Gasteiger partial charge >= 0.3 is 0 Å². The highest BCUT2D eigenvalue weighted by Gasteiger charge is 2.32. The molecule has 0 amide bonds. The zero-order valence-electron chi connectivity index (χ0n) is 17.4. The third kappa shape index (κ3) is 4.48. The van der Waals surface area contributed by atoms with Gasteiger partial charge in [0.2, 0.25) is 0 Å². The summed E-state index contributed by atoms with van der Waals surface area (Å²) in [7, 11) is 0.126. The van der Waals surface area contributed by atoms with Gasteiger partial charge in [-0.2, -0.15) is 0 Å². The van der Waals surface area contributed by atoms with Crippen LogP contribution in [0.1, 0.15) is 28.2 Å². The molecule has 0 saturated heterocycles. The molecule has 1 heterocycles. The van der Waals surface area contributed by atoms with Crippen molar-refractivity contribution >= 4 is 10.0 Å². The molecule has 0 bridgehead atoms. The van der Waals surface area contributed by atoms with Gasteiger partial charge in [-0.15, -0.1) is 0 Å². The average molecular weight is 425 g/mol. The van der Waals surface area contributed by atoms with E-state index < -0.39 is 10.0 Å². The lowest BCUT2D eigenvalue weighted by Crippen LogP contribution is -2.24. The van der Waals surface area contributed by atoms with Crippen LogP contribution >= 0.6 is 0 Å². The van der Waals surface area contributed by atoms with Gasteiger partial charge in [-0.25, -0.2) is 18.1 Å². The van der Waals surface area contributed by atoms with Crippen LogP contribution in [0.3, 0.4) is 0 Å². The number of aromatic nitrogens is 2. The molecule has 2 unspecified atom stereocenters. The van der Waals surface area contributed by atoms with Crippen LogP contribution in [0.25, 0.3) is 0 Å². The van der Waals surface area contributed by atoms with E-state index in [0.29, 0.717) is 11.8 Å². The summed E-state index contributed by atoms with van der Waals surface area (Å²) in [5.74, 6) is 0.952. The molecule has 0 spiro atoms. The van der Waals surface area contributed by atoms with E-state index >= 15 is 0 Å². The van der Waals surface area contributed by atoms with Crippen molar-refractivity contribution < 1.29 is 8.42 Å². The smallest absolute Gasteiger partial charge is 0.259 e. The fraction of sp³-hybridized carbons (Fsp3) is 0.348. The van der Waals surface area contributed by atoms with Crippen molar-refractivity contribution in [2.45, 2.75) is 30.3 Å². The summed E-state index contributed by atoms with van der Waals surface area (Å²) in [6, 6.07) is 16.9. The summed E-state index contributed by atoms with van der Waals surface area (Å²) in [6.45, 7) is 1.22. The summed E-state index contributed by atoms with van der Waals surface area (Å²) < 4.78 is 29.3. The molecule has 6 nitrogen and oxygen atoms in total. The second-order valence-corrected chi connectivity index (χ2v) is 9.77. The van der Waals surface area contributed by atoms with Crippen LogP contribution in [0.4, 0.5) is 0 Å². The van der Waals surface area contributed by atoms with Crippen LogP contribution in [0.15, 0.2) is 66.1 Å². The number of hydrogen-bond acceptors (Lipinski definition) is 4. The Labute approximate surface area is 178 Å². The molecule has 2 aromatic carbocycles. The number of benzene rings is 2. The highest BCUT2D eigenvalue weighted by atomic mass is 32.2. The summed E-state index contributed by atoms with van der Waals surface area (Å²) in [6.07, 6.45) is 5.03. The van der Waals surface area contributed by atoms with E-state index in [4.69, 9.17) is 0 Å². The first-order valence-corrected chi connectivity index (χ1v) is 11.7. The van der Waals surface area contributed by atoms with Gasteiger partial charge in [0.15, 0.2) is 5.03 Å². The molecule has 3 aromatic rings. The quantitative estimate of drug-likeness (QED) is 0.583. The number of sulfonamides is 1. The lowest BCUT2D eigenvalue weighted by Gasteiger charge is -2.21. The fourth-order valence-electron chi connectivity index (χ4n) is 4.37. The Bertz CT molecular complexity index is 1110. The van der Waals surface area contributed by atoms with Gasteiger partial charge in [-0.3, -0.25) is 0 Å². The Morgan fingerprint density at radius 2 is 1.93 bits per heavy atom. The van der Waals surface area contributed by atoms with Crippen molar-refractivity contribution in [2.24, 2.45) is 13.0 Å². The summed E-state index contributed by atoms with van der Waals surface area (Å²) in [5.41, 5.74) is 5.01. The van der Waals surface area contributed by atoms with E-state index in [1.54, 1.807) is 11.6 Å². The molecule has 1 aromatic heterocycles. The molecule has 0 radical (unpaired) electrons. The second-order valence-electron chi connectivity index (χ2n) is 8.05. The molecule has 30 heavy (non-hydrogen) atoms. The van der Waals surface area contributed by atoms with E-state index in [1.807, 2.05) is 19.2 Å². The van der Waals surface area contributed by atoms with E-state index in [0.717, 1.165) is 24.9 Å². The van der Waals surface area contributed by atoms with Crippen LogP contribution in [0.5, 0.6) is 0 Å². The van der Waals surface area contributed by atoms with E-state index in [1.165, 1.54) is 29.2 Å². The summed E-state index contributed by atoms with van der Waals surface area (Å²) >= 11 is 0.